The molecular weight excluding hydrogens is 268 g/mol. The molecule has 0 fully saturated rings. The number of nitriles is 1. The molecular formula is C13H15ClN2OS. The van der Waals surface area contributed by atoms with Gasteiger partial charge in [-0.15, -0.1) is 11.8 Å². The molecule has 0 aromatic heterocycles. The molecule has 1 amide bonds. The van der Waals surface area contributed by atoms with E-state index in [4.69, 9.17) is 16.9 Å². The summed E-state index contributed by atoms with van der Waals surface area (Å²) in [6.45, 7) is 2.44. The summed E-state index contributed by atoms with van der Waals surface area (Å²) >= 11 is 7.62. The number of thioether (sulfide) groups is 1. The van der Waals surface area contributed by atoms with Gasteiger partial charge in [-0.05, 0) is 18.6 Å². The fourth-order valence-electron chi connectivity index (χ4n) is 1.40. The molecule has 0 saturated carbocycles. The molecule has 1 N–H and O–H groups in total. The maximum Gasteiger partial charge on any atom is 0.230 e. The van der Waals surface area contributed by atoms with E-state index in [1.807, 2.05) is 37.3 Å². The Hall–Kier alpha value is -1.18. The third-order valence-electron chi connectivity index (χ3n) is 2.37. The van der Waals surface area contributed by atoms with Crippen LogP contribution in [0.15, 0.2) is 24.3 Å². The normalized spacial score (nSPS) is 11.6. The zero-order valence-electron chi connectivity index (χ0n) is 10.1. The Kier molecular flexibility index (Phi) is 6.63. The van der Waals surface area contributed by atoms with Gasteiger partial charge in [-0.1, -0.05) is 29.8 Å². The lowest BCUT2D eigenvalue weighted by Gasteiger charge is -2.12. The summed E-state index contributed by atoms with van der Waals surface area (Å²) in [7, 11) is 0. The minimum Gasteiger partial charge on any atom is -0.354 e. The molecule has 18 heavy (non-hydrogen) atoms. The van der Waals surface area contributed by atoms with Gasteiger partial charge in [0.05, 0.1) is 18.2 Å². The van der Waals surface area contributed by atoms with E-state index in [-0.39, 0.29) is 11.2 Å². The van der Waals surface area contributed by atoms with Crippen LogP contribution in [0, 0.1) is 11.3 Å². The number of nitrogens with one attached hydrogen (secondary N) is 1. The van der Waals surface area contributed by atoms with Crippen LogP contribution in [0.2, 0.25) is 5.02 Å². The monoisotopic (exact) mass is 282 g/mol. The molecule has 0 aliphatic rings. The maximum absolute atomic E-state index is 11.5. The van der Waals surface area contributed by atoms with E-state index < -0.39 is 0 Å². The molecule has 1 aromatic rings. The second kappa shape index (κ2) is 8.02. The second-order valence-electron chi connectivity index (χ2n) is 3.73. The molecule has 0 aliphatic heterocycles. The van der Waals surface area contributed by atoms with Gasteiger partial charge < -0.3 is 5.32 Å². The number of carbonyl (C=O) groups is 1. The molecule has 0 saturated heterocycles. The Morgan fingerprint density at radius 2 is 2.28 bits per heavy atom. The lowest BCUT2D eigenvalue weighted by molar-refractivity contribution is -0.118. The molecule has 0 heterocycles. The number of rotatable bonds is 6. The van der Waals surface area contributed by atoms with E-state index in [1.165, 1.54) is 11.8 Å². The number of nitrogens with zero attached hydrogens (tertiary/aromatic N) is 1. The first-order valence-corrected chi connectivity index (χ1v) is 7.07. The van der Waals surface area contributed by atoms with Crippen molar-refractivity contribution in [2.24, 2.45) is 0 Å². The van der Waals surface area contributed by atoms with Gasteiger partial charge in [0, 0.05) is 16.8 Å². The summed E-state index contributed by atoms with van der Waals surface area (Å²) in [5, 5.41) is 11.9. The molecule has 0 aliphatic carbocycles. The number of halogens is 1. The number of hydrogen-bond donors (Lipinski definition) is 1. The lowest BCUT2D eigenvalue weighted by Crippen LogP contribution is -2.26. The van der Waals surface area contributed by atoms with Crippen LogP contribution in [0.3, 0.4) is 0 Å². The summed E-state index contributed by atoms with van der Waals surface area (Å²) in [6, 6.07) is 9.62. The molecule has 1 rings (SSSR count). The molecule has 96 valence electrons. The average molecular weight is 283 g/mol. The quantitative estimate of drug-likeness (QED) is 0.816. The first-order chi connectivity index (χ1) is 8.65. The van der Waals surface area contributed by atoms with Gasteiger partial charge in [0.25, 0.3) is 0 Å². The number of carbonyl (C=O) groups excluding carboxylic acids is 1. The highest BCUT2D eigenvalue weighted by atomic mass is 35.5. The van der Waals surface area contributed by atoms with Gasteiger partial charge in [-0.2, -0.15) is 5.26 Å². The SMILES string of the molecule is C[C@H](SCC(=O)NCCC#N)c1ccccc1Cl. The van der Waals surface area contributed by atoms with Crippen LogP contribution in [0.5, 0.6) is 0 Å². The Bertz CT molecular complexity index is 445. The van der Waals surface area contributed by atoms with Gasteiger partial charge in [-0.25, -0.2) is 0 Å². The van der Waals surface area contributed by atoms with E-state index in [0.29, 0.717) is 18.7 Å². The highest BCUT2D eigenvalue weighted by Crippen LogP contribution is 2.32. The largest absolute Gasteiger partial charge is 0.354 e. The van der Waals surface area contributed by atoms with Crippen molar-refractivity contribution in [2.45, 2.75) is 18.6 Å². The number of amides is 1. The Morgan fingerprint density at radius 3 is 2.94 bits per heavy atom. The number of benzene rings is 1. The molecule has 5 heteroatoms. The van der Waals surface area contributed by atoms with Crippen molar-refractivity contribution < 1.29 is 4.79 Å². The van der Waals surface area contributed by atoms with Crippen LogP contribution < -0.4 is 5.32 Å². The summed E-state index contributed by atoms with van der Waals surface area (Å²) < 4.78 is 0. The maximum atomic E-state index is 11.5. The van der Waals surface area contributed by atoms with Gasteiger partial charge in [0.1, 0.15) is 0 Å². The van der Waals surface area contributed by atoms with E-state index in [9.17, 15) is 4.79 Å². The minimum atomic E-state index is -0.0471. The fraction of sp³-hybridized carbons (Fsp3) is 0.385. The van der Waals surface area contributed by atoms with Gasteiger partial charge in [0.15, 0.2) is 0 Å². The first-order valence-electron chi connectivity index (χ1n) is 5.65. The number of hydrogen-bond acceptors (Lipinski definition) is 3. The molecule has 3 nitrogen and oxygen atoms in total. The van der Waals surface area contributed by atoms with Crippen molar-refractivity contribution in [2.75, 3.05) is 12.3 Å². The van der Waals surface area contributed by atoms with Crippen LogP contribution in [0.4, 0.5) is 0 Å². The summed E-state index contributed by atoms with van der Waals surface area (Å²) in [4.78, 5) is 11.5. The van der Waals surface area contributed by atoms with Gasteiger partial charge >= 0.3 is 0 Å². The highest BCUT2D eigenvalue weighted by molar-refractivity contribution is 8.00. The van der Waals surface area contributed by atoms with E-state index >= 15 is 0 Å². The molecule has 0 radical (unpaired) electrons. The van der Waals surface area contributed by atoms with Crippen molar-refractivity contribution in [3.8, 4) is 6.07 Å². The summed E-state index contributed by atoms with van der Waals surface area (Å²) in [5.41, 5.74) is 1.04. The predicted molar refractivity (Wildman–Crippen MR) is 75.6 cm³/mol. The Balaban J connectivity index is 2.38. The molecule has 0 spiro atoms. The third-order valence-corrected chi connectivity index (χ3v) is 3.89. The zero-order valence-corrected chi connectivity index (χ0v) is 11.7. The molecule has 0 unspecified atom stereocenters. The molecule has 0 bridgehead atoms. The average Bonchev–Trinajstić information content (AvgIpc) is 2.37. The standard InChI is InChI=1S/C13H15ClN2OS/c1-10(11-5-2-3-6-12(11)14)18-9-13(17)16-8-4-7-15/h2-3,5-6,10H,4,8-9H2,1H3,(H,16,17)/t10-/m0/s1. The predicted octanol–water partition coefficient (Wildman–Crippen LogP) is 3.16. The molecule has 1 aromatic carbocycles. The summed E-state index contributed by atoms with van der Waals surface area (Å²) in [6.07, 6.45) is 0.344. The van der Waals surface area contributed by atoms with Crippen molar-refractivity contribution in [1.82, 2.24) is 5.32 Å². The van der Waals surface area contributed by atoms with E-state index in [0.717, 1.165) is 10.6 Å². The van der Waals surface area contributed by atoms with Crippen molar-refractivity contribution in [1.29, 1.82) is 5.26 Å². The first kappa shape index (κ1) is 14.9. The van der Waals surface area contributed by atoms with Crippen LogP contribution in [0.1, 0.15) is 24.2 Å². The highest BCUT2D eigenvalue weighted by Gasteiger charge is 2.11. The van der Waals surface area contributed by atoms with Crippen LogP contribution >= 0.6 is 23.4 Å². The smallest absolute Gasteiger partial charge is 0.230 e. The fourth-order valence-corrected chi connectivity index (χ4v) is 2.66. The van der Waals surface area contributed by atoms with Gasteiger partial charge in [0.2, 0.25) is 5.91 Å². The van der Waals surface area contributed by atoms with Crippen LogP contribution in [-0.4, -0.2) is 18.2 Å². The zero-order chi connectivity index (χ0) is 13.4. The van der Waals surface area contributed by atoms with E-state index in [2.05, 4.69) is 5.32 Å². The Labute approximate surface area is 117 Å². The van der Waals surface area contributed by atoms with Gasteiger partial charge in [-0.3, -0.25) is 4.79 Å². The topological polar surface area (TPSA) is 52.9 Å². The van der Waals surface area contributed by atoms with Crippen LogP contribution in [-0.2, 0) is 4.79 Å². The molecule has 1 atom stereocenters. The van der Waals surface area contributed by atoms with Crippen molar-refractivity contribution in [3.63, 3.8) is 0 Å². The van der Waals surface area contributed by atoms with Crippen molar-refractivity contribution in [3.05, 3.63) is 34.9 Å². The minimum absolute atomic E-state index is 0.0471. The van der Waals surface area contributed by atoms with E-state index in [1.54, 1.807) is 0 Å². The third kappa shape index (κ3) is 4.99. The van der Waals surface area contributed by atoms with Crippen LogP contribution in [0.25, 0.3) is 0 Å². The Morgan fingerprint density at radius 1 is 1.56 bits per heavy atom. The lowest BCUT2D eigenvalue weighted by atomic mass is 10.2. The van der Waals surface area contributed by atoms with Crippen molar-refractivity contribution >= 4 is 29.3 Å². The second-order valence-corrected chi connectivity index (χ2v) is 5.47. The summed E-state index contributed by atoms with van der Waals surface area (Å²) in [5.74, 6) is 0.326.